The quantitative estimate of drug-likeness (QED) is 0.406. The largest absolute Gasteiger partial charge is 0.354 e. The zero-order valence-electron chi connectivity index (χ0n) is 17.8. The van der Waals surface area contributed by atoms with Crippen LogP contribution < -0.4 is 20.9 Å². The molecular weight excluding hydrogens is 424 g/mol. The van der Waals surface area contributed by atoms with Gasteiger partial charge in [-0.3, -0.25) is 9.89 Å². The Morgan fingerprint density at radius 3 is 2.75 bits per heavy atom. The second kappa shape index (κ2) is 9.17. The van der Waals surface area contributed by atoms with Gasteiger partial charge in [-0.2, -0.15) is 5.10 Å². The smallest absolute Gasteiger partial charge is 0.227 e. The molecule has 1 atom stereocenters. The van der Waals surface area contributed by atoms with Gasteiger partial charge in [0.15, 0.2) is 5.16 Å². The predicted molar refractivity (Wildman–Crippen MR) is 125 cm³/mol. The van der Waals surface area contributed by atoms with Crippen LogP contribution in [-0.2, 0) is 4.79 Å². The maximum absolute atomic E-state index is 12.0. The van der Waals surface area contributed by atoms with E-state index in [1.54, 1.807) is 6.20 Å². The van der Waals surface area contributed by atoms with Gasteiger partial charge in [-0.15, -0.1) is 0 Å². The number of piperazine rings is 1. The van der Waals surface area contributed by atoms with Crippen molar-refractivity contribution in [2.24, 2.45) is 5.92 Å². The zero-order chi connectivity index (χ0) is 21.9. The number of nitrogens with zero attached hydrogens (tertiary/aromatic N) is 4. The summed E-state index contributed by atoms with van der Waals surface area (Å²) in [5, 5.41) is 17.3. The number of anilines is 4. The highest BCUT2D eigenvalue weighted by molar-refractivity contribution is 7.99. The molecule has 0 spiro atoms. The summed E-state index contributed by atoms with van der Waals surface area (Å²) in [5.74, 6) is 2.68. The number of hydrogen-bond donors (Lipinski definition) is 4. The van der Waals surface area contributed by atoms with Crippen LogP contribution in [0.2, 0.25) is 0 Å². The highest BCUT2D eigenvalue weighted by Crippen LogP contribution is 2.32. The molecule has 3 aromatic rings. The molecule has 166 valence electrons. The number of nitrogens with one attached hydrogen (secondary N) is 4. The van der Waals surface area contributed by atoms with E-state index >= 15 is 0 Å². The van der Waals surface area contributed by atoms with Crippen LogP contribution in [0.5, 0.6) is 0 Å². The van der Waals surface area contributed by atoms with Crippen molar-refractivity contribution in [1.29, 1.82) is 0 Å². The van der Waals surface area contributed by atoms with Crippen molar-refractivity contribution >= 4 is 40.8 Å². The molecule has 1 aliphatic heterocycles. The molecule has 2 aromatic heterocycles. The van der Waals surface area contributed by atoms with Crippen LogP contribution in [0.1, 0.15) is 19.8 Å². The highest BCUT2D eigenvalue weighted by Gasteiger charge is 2.29. The molecule has 2 fully saturated rings. The normalized spacial score (nSPS) is 18.4. The Morgan fingerprint density at radius 1 is 1.19 bits per heavy atom. The van der Waals surface area contributed by atoms with Crippen molar-refractivity contribution in [3.05, 3.63) is 42.6 Å². The van der Waals surface area contributed by atoms with Crippen LogP contribution in [-0.4, -0.2) is 51.7 Å². The van der Waals surface area contributed by atoms with Gasteiger partial charge in [-0.25, -0.2) is 9.97 Å². The lowest BCUT2D eigenvalue weighted by Gasteiger charge is -2.33. The molecule has 1 amide bonds. The number of carbonyl (C=O) groups is 1. The van der Waals surface area contributed by atoms with Crippen LogP contribution in [0.4, 0.5) is 23.1 Å². The Morgan fingerprint density at radius 2 is 2.03 bits per heavy atom. The summed E-state index contributed by atoms with van der Waals surface area (Å²) >= 11 is 1.50. The van der Waals surface area contributed by atoms with Gasteiger partial charge in [0.1, 0.15) is 17.5 Å². The lowest BCUT2D eigenvalue weighted by Crippen LogP contribution is -2.49. The molecule has 1 saturated carbocycles. The number of aromatic amines is 1. The van der Waals surface area contributed by atoms with Gasteiger partial charge in [0.25, 0.3) is 0 Å². The van der Waals surface area contributed by atoms with Crippen LogP contribution in [0.25, 0.3) is 0 Å². The first-order chi connectivity index (χ1) is 15.6. The SMILES string of the molecule is CC1CN(c2cc(Nc3ccn[nH]3)nc(Sc3ccc(NC(=O)C4CC4)cc3)n2)CCN1. The van der Waals surface area contributed by atoms with E-state index in [9.17, 15) is 4.79 Å². The standard InChI is InChI=1S/C22H26N8OS/c1-14-13-30(11-10-23-14)20-12-19(26-18-8-9-24-29-18)27-22(28-20)32-17-6-4-16(5-7-17)25-21(31)15-2-3-15/h4-9,12,14-15,23H,2-3,10-11,13H2,1H3,(H,25,31)(H2,24,26,27,28,29). The van der Waals surface area contributed by atoms with Crippen LogP contribution in [0, 0.1) is 5.92 Å². The number of amides is 1. The van der Waals surface area contributed by atoms with E-state index < -0.39 is 0 Å². The Bertz CT molecular complexity index is 1070. The van der Waals surface area contributed by atoms with Crippen LogP contribution in [0.3, 0.4) is 0 Å². The minimum absolute atomic E-state index is 0.112. The second-order valence-electron chi connectivity index (χ2n) is 8.18. The van der Waals surface area contributed by atoms with E-state index in [0.717, 1.165) is 54.7 Å². The molecule has 1 saturated heterocycles. The predicted octanol–water partition coefficient (Wildman–Crippen LogP) is 3.24. The summed E-state index contributed by atoms with van der Waals surface area (Å²) in [6.45, 7) is 4.88. The number of hydrogen-bond acceptors (Lipinski definition) is 8. The molecule has 32 heavy (non-hydrogen) atoms. The summed E-state index contributed by atoms with van der Waals surface area (Å²) in [4.78, 5) is 24.8. The molecule has 0 bridgehead atoms. The third kappa shape index (κ3) is 5.20. The van der Waals surface area contributed by atoms with Gasteiger partial charge in [0.05, 0.1) is 6.20 Å². The fourth-order valence-electron chi connectivity index (χ4n) is 3.59. The Kier molecular flexibility index (Phi) is 5.95. The average Bonchev–Trinajstić information content (AvgIpc) is 3.53. The van der Waals surface area contributed by atoms with Gasteiger partial charge >= 0.3 is 0 Å². The van der Waals surface area contributed by atoms with Crippen molar-refractivity contribution < 1.29 is 4.79 Å². The number of aromatic nitrogens is 4. The molecule has 1 aliphatic carbocycles. The maximum Gasteiger partial charge on any atom is 0.227 e. The first-order valence-electron chi connectivity index (χ1n) is 10.8. The van der Waals surface area contributed by atoms with E-state index in [-0.39, 0.29) is 11.8 Å². The fraction of sp³-hybridized carbons (Fsp3) is 0.364. The van der Waals surface area contributed by atoms with Crippen molar-refractivity contribution in [1.82, 2.24) is 25.5 Å². The number of carbonyl (C=O) groups excluding carboxylic acids is 1. The molecule has 3 heterocycles. The monoisotopic (exact) mass is 450 g/mol. The first-order valence-corrected chi connectivity index (χ1v) is 11.7. The molecule has 0 radical (unpaired) electrons. The summed E-state index contributed by atoms with van der Waals surface area (Å²) in [5.41, 5.74) is 0.817. The minimum atomic E-state index is 0.112. The average molecular weight is 451 g/mol. The molecule has 9 nitrogen and oxygen atoms in total. The molecule has 10 heteroatoms. The molecule has 1 unspecified atom stereocenters. The summed E-state index contributed by atoms with van der Waals surface area (Å²) in [6.07, 6.45) is 3.68. The van der Waals surface area contributed by atoms with Gasteiger partial charge in [0, 0.05) is 54.3 Å². The summed E-state index contributed by atoms with van der Waals surface area (Å²) in [6, 6.07) is 12.0. The van der Waals surface area contributed by atoms with Gasteiger partial charge in [-0.1, -0.05) is 0 Å². The highest BCUT2D eigenvalue weighted by atomic mass is 32.2. The van der Waals surface area contributed by atoms with E-state index in [0.29, 0.717) is 17.0 Å². The van der Waals surface area contributed by atoms with Crippen LogP contribution >= 0.6 is 11.8 Å². The number of benzene rings is 1. The van der Waals surface area contributed by atoms with Gasteiger partial charge in [-0.05, 0) is 55.8 Å². The van der Waals surface area contributed by atoms with E-state index in [4.69, 9.17) is 9.97 Å². The summed E-state index contributed by atoms with van der Waals surface area (Å²) in [7, 11) is 0. The van der Waals surface area contributed by atoms with Crippen molar-refractivity contribution in [2.45, 2.75) is 35.9 Å². The molecule has 2 aliphatic rings. The van der Waals surface area contributed by atoms with Crippen molar-refractivity contribution in [3.63, 3.8) is 0 Å². The van der Waals surface area contributed by atoms with E-state index in [1.807, 2.05) is 36.4 Å². The molecule has 1 aromatic carbocycles. The Labute approximate surface area is 190 Å². The third-order valence-electron chi connectivity index (χ3n) is 5.43. The third-order valence-corrected chi connectivity index (χ3v) is 6.30. The van der Waals surface area contributed by atoms with Crippen molar-refractivity contribution in [3.8, 4) is 0 Å². The topological polar surface area (TPSA) is 111 Å². The molecular formula is C22H26N8OS. The Balaban J connectivity index is 1.35. The second-order valence-corrected chi connectivity index (χ2v) is 9.22. The maximum atomic E-state index is 12.0. The summed E-state index contributed by atoms with van der Waals surface area (Å²) < 4.78 is 0. The van der Waals surface area contributed by atoms with Crippen molar-refractivity contribution in [2.75, 3.05) is 35.2 Å². The van der Waals surface area contributed by atoms with E-state index in [2.05, 4.69) is 38.0 Å². The van der Waals surface area contributed by atoms with Gasteiger partial charge in [0.2, 0.25) is 5.91 Å². The fourth-order valence-corrected chi connectivity index (χ4v) is 4.36. The Hall–Kier alpha value is -3.11. The zero-order valence-corrected chi connectivity index (χ0v) is 18.7. The lowest BCUT2D eigenvalue weighted by atomic mass is 10.2. The molecule has 5 rings (SSSR count). The number of rotatable bonds is 7. The van der Waals surface area contributed by atoms with E-state index in [1.165, 1.54) is 11.8 Å². The minimum Gasteiger partial charge on any atom is -0.354 e. The van der Waals surface area contributed by atoms with Gasteiger partial charge < -0.3 is 20.9 Å². The molecule has 4 N–H and O–H groups in total. The first kappa shape index (κ1) is 20.8. The van der Waals surface area contributed by atoms with Crippen LogP contribution in [0.15, 0.2) is 52.6 Å². The number of H-pyrrole nitrogens is 1. The lowest BCUT2D eigenvalue weighted by molar-refractivity contribution is -0.117.